The van der Waals surface area contributed by atoms with Crippen LogP contribution in [0.25, 0.3) is 0 Å². The zero-order chi connectivity index (χ0) is 10.0. The summed E-state index contributed by atoms with van der Waals surface area (Å²) in [6, 6.07) is 10.1. The van der Waals surface area contributed by atoms with Crippen LogP contribution in [0.1, 0.15) is 18.9 Å². The highest BCUT2D eigenvalue weighted by Gasteiger charge is 2.35. The first-order chi connectivity index (χ1) is 6.74. The van der Waals surface area contributed by atoms with E-state index in [4.69, 9.17) is 10.6 Å². The molecule has 0 aliphatic carbocycles. The first kappa shape index (κ1) is 9.21. The van der Waals surface area contributed by atoms with Crippen molar-refractivity contribution in [3.8, 4) is 0 Å². The minimum Gasteiger partial charge on any atom is -0.384 e. The molecule has 1 aliphatic heterocycles. The Morgan fingerprint density at radius 1 is 1.43 bits per heavy atom. The summed E-state index contributed by atoms with van der Waals surface area (Å²) in [7, 11) is 0. The van der Waals surface area contributed by atoms with Gasteiger partial charge in [0.25, 0.3) is 0 Å². The maximum absolute atomic E-state index is 5.52. The first-order valence-electron chi connectivity index (χ1n) is 4.74. The Morgan fingerprint density at radius 2 is 2.14 bits per heavy atom. The van der Waals surface area contributed by atoms with Crippen LogP contribution in [0.15, 0.2) is 35.5 Å². The van der Waals surface area contributed by atoms with Crippen LogP contribution in [0.4, 0.5) is 0 Å². The molecule has 2 rings (SSSR count). The van der Waals surface area contributed by atoms with Gasteiger partial charge in [0.15, 0.2) is 5.60 Å². The lowest BCUT2D eigenvalue weighted by atomic mass is 9.91. The molecule has 1 unspecified atom stereocenters. The van der Waals surface area contributed by atoms with Crippen molar-refractivity contribution in [2.75, 3.05) is 6.54 Å². The van der Waals surface area contributed by atoms with Gasteiger partial charge in [-0.15, -0.1) is 0 Å². The molecule has 1 atom stereocenters. The molecule has 0 amide bonds. The Morgan fingerprint density at radius 3 is 2.71 bits per heavy atom. The third-order valence-electron chi connectivity index (χ3n) is 2.54. The van der Waals surface area contributed by atoms with E-state index in [1.807, 2.05) is 25.1 Å². The van der Waals surface area contributed by atoms with Crippen molar-refractivity contribution in [2.45, 2.75) is 18.9 Å². The summed E-state index contributed by atoms with van der Waals surface area (Å²) in [6.45, 7) is 2.51. The van der Waals surface area contributed by atoms with Crippen molar-refractivity contribution < 1.29 is 4.84 Å². The number of oxime groups is 1. The minimum absolute atomic E-state index is 0.323. The molecule has 1 aliphatic rings. The second-order valence-electron chi connectivity index (χ2n) is 3.73. The average Bonchev–Trinajstić information content (AvgIpc) is 2.63. The van der Waals surface area contributed by atoms with Crippen molar-refractivity contribution in [3.05, 3.63) is 35.9 Å². The number of hydrogen-bond donors (Lipinski definition) is 1. The SMILES string of the molecule is CC1(c2ccccc2)CC(CN)=NO1. The summed E-state index contributed by atoms with van der Waals surface area (Å²) in [6.07, 6.45) is 0.785. The van der Waals surface area contributed by atoms with E-state index in [1.165, 1.54) is 0 Å². The molecular formula is C11H14N2O. The molecule has 0 saturated carbocycles. The molecule has 2 N–H and O–H groups in total. The summed E-state index contributed by atoms with van der Waals surface area (Å²) < 4.78 is 0. The maximum atomic E-state index is 5.52. The Kier molecular flexibility index (Phi) is 2.25. The van der Waals surface area contributed by atoms with Gasteiger partial charge in [0.2, 0.25) is 0 Å². The Bertz CT molecular complexity index is 348. The van der Waals surface area contributed by atoms with Crippen LogP contribution in [-0.2, 0) is 10.4 Å². The van der Waals surface area contributed by atoms with E-state index in [-0.39, 0.29) is 5.60 Å². The zero-order valence-electron chi connectivity index (χ0n) is 8.23. The summed E-state index contributed by atoms with van der Waals surface area (Å²) in [4.78, 5) is 5.44. The fourth-order valence-electron chi connectivity index (χ4n) is 1.67. The monoisotopic (exact) mass is 190 g/mol. The van der Waals surface area contributed by atoms with Gasteiger partial charge < -0.3 is 10.6 Å². The predicted octanol–water partition coefficient (Wildman–Crippen LogP) is 1.64. The smallest absolute Gasteiger partial charge is 0.165 e. The molecule has 3 nitrogen and oxygen atoms in total. The van der Waals surface area contributed by atoms with E-state index < -0.39 is 0 Å². The van der Waals surface area contributed by atoms with E-state index in [2.05, 4.69) is 17.3 Å². The number of hydrogen-bond acceptors (Lipinski definition) is 3. The van der Waals surface area contributed by atoms with E-state index in [0.29, 0.717) is 6.54 Å². The summed E-state index contributed by atoms with van der Waals surface area (Å²) in [5.41, 5.74) is 7.27. The second-order valence-corrected chi connectivity index (χ2v) is 3.73. The molecule has 1 aromatic carbocycles. The van der Waals surface area contributed by atoms with Crippen LogP contribution in [-0.4, -0.2) is 12.3 Å². The van der Waals surface area contributed by atoms with Crippen molar-refractivity contribution in [2.24, 2.45) is 10.9 Å². The molecular weight excluding hydrogens is 176 g/mol. The van der Waals surface area contributed by atoms with Gasteiger partial charge in [0.05, 0.1) is 5.71 Å². The third kappa shape index (κ3) is 1.51. The van der Waals surface area contributed by atoms with Gasteiger partial charge in [0, 0.05) is 13.0 Å². The molecule has 0 saturated heterocycles. The van der Waals surface area contributed by atoms with Gasteiger partial charge >= 0.3 is 0 Å². The van der Waals surface area contributed by atoms with E-state index in [9.17, 15) is 0 Å². The minimum atomic E-state index is -0.323. The summed E-state index contributed by atoms with van der Waals surface area (Å²) in [5.74, 6) is 0. The van der Waals surface area contributed by atoms with Crippen molar-refractivity contribution >= 4 is 5.71 Å². The topological polar surface area (TPSA) is 47.6 Å². The quantitative estimate of drug-likeness (QED) is 0.770. The zero-order valence-corrected chi connectivity index (χ0v) is 8.23. The lowest BCUT2D eigenvalue weighted by molar-refractivity contribution is -0.00738. The molecule has 0 bridgehead atoms. The van der Waals surface area contributed by atoms with Crippen LogP contribution in [0.2, 0.25) is 0 Å². The number of benzene rings is 1. The molecule has 0 fully saturated rings. The Balaban J connectivity index is 2.21. The average molecular weight is 190 g/mol. The largest absolute Gasteiger partial charge is 0.384 e. The number of nitrogens with two attached hydrogens (primary N) is 1. The Labute approximate surface area is 83.6 Å². The lowest BCUT2D eigenvalue weighted by Crippen LogP contribution is -2.23. The number of nitrogens with zero attached hydrogens (tertiary/aromatic N) is 1. The van der Waals surface area contributed by atoms with Crippen molar-refractivity contribution in [3.63, 3.8) is 0 Å². The highest BCUT2D eigenvalue weighted by atomic mass is 16.7. The molecule has 0 radical (unpaired) electrons. The third-order valence-corrected chi connectivity index (χ3v) is 2.54. The van der Waals surface area contributed by atoms with Gasteiger partial charge in [-0.25, -0.2) is 0 Å². The lowest BCUT2D eigenvalue weighted by Gasteiger charge is -2.21. The molecule has 0 aromatic heterocycles. The van der Waals surface area contributed by atoms with Crippen LogP contribution in [0.3, 0.4) is 0 Å². The van der Waals surface area contributed by atoms with Crippen LogP contribution in [0.5, 0.6) is 0 Å². The van der Waals surface area contributed by atoms with Gasteiger partial charge in [-0.3, -0.25) is 0 Å². The van der Waals surface area contributed by atoms with Crippen LogP contribution < -0.4 is 5.73 Å². The molecule has 3 heteroatoms. The van der Waals surface area contributed by atoms with Crippen LogP contribution in [0, 0.1) is 0 Å². The second kappa shape index (κ2) is 3.42. The number of rotatable bonds is 2. The fraction of sp³-hybridized carbons (Fsp3) is 0.364. The highest BCUT2D eigenvalue weighted by molar-refractivity contribution is 5.87. The van der Waals surface area contributed by atoms with Gasteiger partial charge in [0.1, 0.15) is 0 Å². The van der Waals surface area contributed by atoms with Gasteiger partial charge in [-0.1, -0.05) is 35.5 Å². The molecule has 1 aromatic rings. The predicted molar refractivity (Wildman–Crippen MR) is 56.0 cm³/mol. The standard InChI is InChI=1S/C11H14N2O/c1-11(7-10(8-12)13-14-11)9-5-3-2-4-6-9/h2-6H,7-8,12H2,1H3. The summed E-state index contributed by atoms with van der Waals surface area (Å²) in [5, 5.41) is 3.98. The first-order valence-corrected chi connectivity index (χ1v) is 4.74. The van der Waals surface area contributed by atoms with E-state index in [1.54, 1.807) is 0 Å². The maximum Gasteiger partial charge on any atom is 0.165 e. The van der Waals surface area contributed by atoms with Crippen molar-refractivity contribution in [1.82, 2.24) is 0 Å². The molecule has 74 valence electrons. The normalized spacial score (nSPS) is 25.7. The Hall–Kier alpha value is -1.35. The summed E-state index contributed by atoms with van der Waals surface area (Å²) >= 11 is 0. The molecule has 1 heterocycles. The van der Waals surface area contributed by atoms with E-state index >= 15 is 0 Å². The van der Waals surface area contributed by atoms with Gasteiger partial charge in [-0.05, 0) is 12.5 Å². The van der Waals surface area contributed by atoms with Gasteiger partial charge in [-0.2, -0.15) is 0 Å². The fourth-order valence-corrected chi connectivity index (χ4v) is 1.67. The van der Waals surface area contributed by atoms with E-state index in [0.717, 1.165) is 17.7 Å². The van der Waals surface area contributed by atoms with Crippen molar-refractivity contribution in [1.29, 1.82) is 0 Å². The molecule has 14 heavy (non-hydrogen) atoms. The molecule has 0 spiro atoms. The van der Waals surface area contributed by atoms with Crippen LogP contribution >= 0.6 is 0 Å². The highest BCUT2D eigenvalue weighted by Crippen LogP contribution is 2.33.